The standard InChI is InChI=1S/C29H43N3O4S/c1-19-10-9-11-31(16-19)37(34,35)32-20(2)25(27(33)30-24-17-36-18-24)15-26(32)21-12-22(28(3,4)5)14-23(13-21)29(6,7)8/h12-15,19,24H,9-11,16-18H2,1-8H3,(H,30,33). The second kappa shape index (κ2) is 9.86. The van der Waals surface area contributed by atoms with Gasteiger partial charge in [-0.25, -0.2) is 3.97 Å². The molecule has 2 aliphatic heterocycles. The minimum atomic E-state index is -3.89. The molecule has 204 valence electrons. The highest BCUT2D eigenvalue weighted by atomic mass is 32.2. The predicted molar refractivity (Wildman–Crippen MR) is 148 cm³/mol. The Labute approximate surface area is 222 Å². The number of piperidine rings is 1. The monoisotopic (exact) mass is 529 g/mol. The van der Waals surface area contributed by atoms with Gasteiger partial charge in [0.2, 0.25) is 0 Å². The molecule has 8 heteroatoms. The molecular formula is C29H43N3O4S. The van der Waals surface area contributed by atoms with Crippen molar-refractivity contribution in [3.8, 4) is 11.3 Å². The first-order valence-electron chi connectivity index (χ1n) is 13.4. The molecule has 0 spiro atoms. The van der Waals surface area contributed by atoms with Gasteiger partial charge >= 0.3 is 10.2 Å². The SMILES string of the molecule is Cc1c(C(=O)NC2COC2)cc(-c2cc(C(C)(C)C)cc(C(C)(C)C)c2)n1S(=O)(=O)N1CCCC(C)C1. The maximum atomic E-state index is 14.2. The van der Waals surface area contributed by atoms with Crippen LogP contribution in [0.15, 0.2) is 24.3 Å². The second-order valence-electron chi connectivity index (χ2n) is 12.9. The number of amides is 1. The second-order valence-corrected chi connectivity index (χ2v) is 14.7. The van der Waals surface area contributed by atoms with Crippen LogP contribution in [-0.2, 0) is 25.8 Å². The minimum absolute atomic E-state index is 0.0463. The molecule has 1 amide bonds. The van der Waals surface area contributed by atoms with Crippen molar-refractivity contribution in [1.82, 2.24) is 13.6 Å². The van der Waals surface area contributed by atoms with Gasteiger partial charge < -0.3 is 10.1 Å². The van der Waals surface area contributed by atoms with Gasteiger partial charge in [-0.15, -0.1) is 0 Å². The number of benzene rings is 1. The highest BCUT2D eigenvalue weighted by Crippen LogP contribution is 2.37. The average Bonchev–Trinajstić information content (AvgIpc) is 3.12. The molecule has 2 saturated heterocycles. The summed E-state index contributed by atoms with van der Waals surface area (Å²) in [4.78, 5) is 13.3. The topological polar surface area (TPSA) is 80.6 Å². The van der Waals surface area contributed by atoms with Gasteiger partial charge in [0.1, 0.15) is 0 Å². The van der Waals surface area contributed by atoms with Gasteiger partial charge in [-0.3, -0.25) is 4.79 Å². The highest BCUT2D eigenvalue weighted by molar-refractivity contribution is 7.87. The van der Waals surface area contributed by atoms with Gasteiger partial charge in [-0.1, -0.05) is 54.5 Å². The molecular weight excluding hydrogens is 486 g/mol. The molecule has 1 unspecified atom stereocenters. The fourth-order valence-corrected chi connectivity index (χ4v) is 6.90. The lowest BCUT2D eigenvalue weighted by Gasteiger charge is -2.31. The smallest absolute Gasteiger partial charge is 0.308 e. The molecule has 0 saturated carbocycles. The number of hydrogen-bond donors (Lipinski definition) is 1. The van der Waals surface area contributed by atoms with E-state index in [1.165, 1.54) is 3.97 Å². The van der Waals surface area contributed by atoms with Crippen molar-refractivity contribution in [2.75, 3.05) is 26.3 Å². The Morgan fingerprint density at radius 2 is 1.59 bits per heavy atom. The third-order valence-corrected chi connectivity index (χ3v) is 9.47. The number of aromatic nitrogens is 1. The molecule has 2 fully saturated rings. The van der Waals surface area contributed by atoms with Crippen LogP contribution in [0.2, 0.25) is 0 Å². The zero-order valence-electron chi connectivity index (χ0n) is 23.6. The van der Waals surface area contributed by atoms with Crippen LogP contribution < -0.4 is 5.32 Å². The van der Waals surface area contributed by atoms with Crippen molar-refractivity contribution in [1.29, 1.82) is 0 Å². The van der Waals surface area contributed by atoms with E-state index < -0.39 is 10.2 Å². The fraction of sp³-hybridized carbons (Fsp3) is 0.621. The van der Waals surface area contributed by atoms with Crippen LogP contribution in [0, 0.1) is 12.8 Å². The van der Waals surface area contributed by atoms with Crippen molar-refractivity contribution < 1.29 is 17.9 Å². The minimum Gasteiger partial charge on any atom is -0.377 e. The van der Waals surface area contributed by atoms with Crippen LogP contribution in [0.4, 0.5) is 0 Å². The Morgan fingerprint density at radius 3 is 2.08 bits per heavy atom. The van der Waals surface area contributed by atoms with Crippen molar-refractivity contribution in [3.05, 3.63) is 46.6 Å². The molecule has 1 aromatic heterocycles. The zero-order chi connectivity index (χ0) is 27.3. The summed E-state index contributed by atoms with van der Waals surface area (Å²) in [6.07, 6.45) is 1.85. The van der Waals surface area contributed by atoms with Gasteiger partial charge in [-0.05, 0) is 71.4 Å². The third-order valence-electron chi connectivity index (χ3n) is 7.55. The van der Waals surface area contributed by atoms with Crippen LogP contribution >= 0.6 is 0 Å². The largest absolute Gasteiger partial charge is 0.377 e. The van der Waals surface area contributed by atoms with E-state index >= 15 is 0 Å². The molecule has 1 atom stereocenters. The first-order chi connectivity index (χ1) is 17.1. The molecule has 3 heterocycles. The Kier molecular flexibility index (Phi) is 7.42. The lowest BCUT2D eigenvalue weighted by atomic mass is 9.79. The maximum Gasteiger partial charge on any atom is 0.308 e. The summed E-state index contributed by atoms with van der Waals surface area (Å²) in [5.41, 5.74) is 4.15. The Morgan fingerprint density at radius 1 is 1.00 bits per heavy atom. The van der Waals surface area contributed by atoms with Crippen molar-refractivity contribution >= 4 is 16.1 Å². The van der Waals surface area contributed by atoms with Gasteiger partial charge in [0.05, 0.1) is 30.5 Å². The third kappa shape index (κ3) is 5.66. The number of carbonyl (C=O) groups is 1. The van der Waals surface area contributed by atoms with Gasteiger partial charge in [-0.2, -0.15) is 12.7 Å². The van der Waals surface area contributed by atoms with Crippen LogP contribution in [0.25, 0.3) is 11.3 Å². The maximum absolute atomic E-state index is 14.2. The van der Waals surface area contributed by atoms with Crippen molar-refractivity contribution in [3.63, 3.8) is 0 Å². The average molecular weight is 530 g/mol. The summed E-state index contributed by atoms with van der Waals surface area (Å²) in [5.74, 6) is 0.0250. The van der Waals surface area contributed by atoms with Crippen molar-refractivity contribution in [2.24, 2.45) is 5.92 Å². The molecule has 0 bridgehead atoms. The number of nitrogens with zero attached hydrogens (tertiary/aromatic N) is 2. The summed E-state index contributed by atoms with van der Waals surface area (Å²) in [5, 5.41) is 2.99. The molecule has 0 radical (unpaired) electrons. The molecule has 0 aliphatic carbocycles. The quantitative estimate of drug-likeness (QED) is 0.590. The van der Waals surface area contributed by atoms with Crippen LogP contribution in [0.1, 0.15) is 88.5 Å². The number of carbonyl (C=O) groups excluding carboxylic acids is 1. The van der Waals surface area contributed by atoms with Gasteiger partial charge in [0.15, 0.2) is 0 Å². The van der Waals surface area contributed by atoms with Crippen LogP contribution in [0.5, 0.6) is 0 Å². The summed E-state index contributed by atoms with van der Waals surface area (Å²) in [6.45, 7) is 18.7. The predicted octanol–water partition coefficient (Wildman–Crippen LogP) is 5.01. The van der Waals surface area contributed by atoms with E-state index in [4.69, 9.17) is 4.74 Å². The first kappa shape index (κ1) is 27.9. The van der Waals surface area contributed by atoms with E-state index in [1.807, 2.05) is 0 Å². The summed E-state index contributed by atoms with van der Waals surface area (Å²) >= 11 is 0. The first-order valence-corrected chi connectivity index (χ1v) is 14.8. The van der Waals surface area contributed by atoms with Gasteiger partial charge in [0, 0.05) is 18.8 Å². The zero-order valence-corrected chi connectivity index (χ0v) is 24.5. The normalized spacial score (nSPS) is 20.1. The Hall–Kier alpha value is -2.16. The lowest BCUT2D eigenvalue weighted by molar-refractivity contribution is -0.00347. The highest BCUT2D eigenvalue weighted by Gasteiger charge is 2.34. The van der Waals surface area contributed by atoms with Crippen molar-refractivity contribution in [2.45, 2.75) is 85.1 Å². The van der Waals surface area contributed by atoms with Crippen LogP contribution in [-0.4, -0.2) is 54.9 Å². The molecule has 2 aromatic rings. The molecule has 7 nitrogen and oxygen atoms in total. The number of nitrogens with one attached hydrogen (secondary N) is 1. The van der Waals surface area contributed by atoms with Crippen LogP contribution in [0.3, 0.4) is 0 Å². The molecule has 1 aromatic carbocycles. The Balaban J connectivity index is 1.93. The molecule has 4 rings (SSSR count). The number of hydrogen-bond acceptors (Lipinski definition) is 4. The van der Waals surface area contributed by atoms with E-state index in [0.717, 1.165) is 29.5 Å². The number of rotatable bonds is 5. The van der Waals surface area contributed by atoms with E-state index in [0.29, 0.717) is 49.2 Å². The Bertz CT molecular complexity index is 1250. The van der Waals surface area contributed by atoms with E-state index in [-0.39, 0.29) is 22.8 Å². The lowest BCUT2D eigenvalue weighted by Crippen LogP contribution is -2.48. The number of ether oxygens (including phenoxy) is 1. The fourth-order valence-electron chi connectivity index (χ4n) is 5.01. The van der Waals surface area contributed by atoms with E-state index in [2.05, 4.69) is 72.0 Å². The molecule has 1 N–H and O–H groups in total. The summed E-state index contributed by atoms with van der Waals surface area (Å²) in [7, 11) is -3.89. The molecule has 37 heavy (non-hydrogen) atoms. The summed E-state index contributed by atoms with van der Waals surface area (Å²) in [6, 6.07) is 8.08. The summed E-state index contributed by atoms with van der Waals surface area (Å²) < 4.78 is 36.5. The van der Waals surface area contributed by atoms with E-state index in [1.54, 1.807) is 17.3 Å². The van der Waals surface area contributed by atoms with E-state index in [9.17, 15) is 13.2 Å². The van der Waals surface area contributed by atoms with Gasteiger partial charge in [0.25, 0.3) is 5.91 Å². The molecule has 2 aliphatic rings.